The van der Waals surface area contributed by atoms with Crippen LogP contribution in [0.1, 0.15) is 29.8 Å². The van der Waals surface area contributed by atoms with Crippen molar-refractivity contribution < 1.29 is 60.4 Å². The highest BCUT2D eigenvalue weighted by molar-refractivity contribution is 5.92. The van der Waals surface area contributed by atoms with Crippen molar-refractivity contribution in [1.29, 1.82) is 0 Å². The van der Waals surface area contributed by atoms with Gasteiger partial charge in [-0.15, -0.1) is 0 Å². The lowest BCUT2D eigenvalue weighted by Gasteiger charge is -2.39. The van der Waals surface area contributed by atoms with Crippen LogP contribution in [0.5, 0.6) is 5.75 Å². The number of carboxylic acid groups (broad SMARTS) is 2. The number of rotatable bonds is 3. The summed E-state index contributed by atoms with van der Waals surface area (Å²) in [6, 6.07) is 9.16. The third-order valence-electron chi connectivity index (χ3n) is 5.31. The molecule has 2 aromatic heterocycles. The van der Waals surface area contributed by atoms with Gasteiger partial charge < -0.3 is 24.6 Å². The molecule has 4 heterocycles. The van der Waals surface area contributed by atoms with Crippen LogP contribution in [-0.2, 0) is 14.3 Å². The molecule has 1 amide bonds. The summed E-state index contributed by atoms with van der Waals surface area (Å²) < 4.78 is 75.6. The minimum Gasteiger partial charge on any atom is -0.486 e. The van der Waals surface area contributed by atoms with Crippen molar-refractivity contribution in [3.63, 3.8) is 0 Å². The zero-order chi connectivity index (χ0) is 29.3. The molecule has 10 nitrogen and oxygen atoms in total. The molecule has 0 radical (unpaired) electrons. The van der Waals surface area contributed by atoms with Gasteiger partial charge in [-0.2, -0.15) is 26.3 Å². The molecule has 4 rings (SSSR count). The maximum atomic E-state index is 12.7. The van der Waals surface area contributed by atoms with Gasteiger partial charge in [-0.1, -0.05) is 6.07 Å². The zero-order valence-corrected chi connectivity index (χ0v) is 20.0. The second kappa shape index (κ2) is 13.2. The lowest BCUT2D eigenvalue weighted by molar-refractivity contribution is -0.193. The van der Waals surface area contributed by atoms with E-state index in [1.165, 1.54) is 0 Å². The molecule has 2 aliphatic heterocycles. The van der Waals surface area contributed by atoms with E-state index in [2.05, 4.69) is 9.97 Å². The lowest BCUT2D eigenvalue weighted by Crippen LogP contribution is -2.50. The third kappa shape index (κ3) is 10.0. The molecule has 1 spiro atoms. The van der Waals surface area contributed by atoms with Crippen LogP contribution in [0.25, 0.3) is 0 Å². The fraction of sp³-hybridized carbons (Fsp3) is 0.435. The summed E-state index contributed by atoms with van der Waals surface area (Å²) >= 11 is 0. The second-order valence-electron chi connectivity index (χ2n) is 8.28. The van der Waals surface area contributed by atoms with E-state index in [9.17, 15) is 31.1 Å². The first-order valence-electron chi connectivity index (χ1n) is 11.1. The number of carboxylic acids is 2. The molecule has 0 aromatic carbocycles. The molecular formula is C23H23F6N3O7. The molecule has 2 fully saturated rings. The van der Waals surface area contributed by atoms with Gasteiger partial charge in [0.2, 0.25) is 0 Å². The minimum atomic E-state index is -5.08. The van der Waals surface area contributed by atoms with E-state index in [1.807, 2.05) is 29.2 Å². The second-order valence-corrected chi connectivity index (χ2v) is 8.28. The maximum absolute atomic E-state index is 12.7. The summed E-state index contributed by atoms with van der Waals surface area (Å²) in [5.74, 6) is -4.79. The Balaban J connectivity index is 0.000000317. The summed E-state index contributed by atoms with van der Waals surface area (Å²) in [6.07, 6.45) is -2.42. The van der Waals surface area contributed by atoms with Gasteiger partial charge in [0.15, 0.2) is 0 Å². The number of aromatic nitrogens is 2. The number of nitrogens with zero attached hydrogens (tertiary/aromatic N) is 3. The SMILES string of the molecule is O=C(O)C(F)(F)F.O=C(O)C(F)(F)F.O=C(c1ccccn1)N1CCCC2(CC(Oc3cccnc3)CO2)C1. The van der Waals surface area contributed by atoms with Crippen LogP contribution in [0.3, 0.4) is 0 Å². The molecule has 16 heteroatoms. The fourth-order valence-corrected chi connectivity index (χ4v) is 3.69. The van der Waals surface area contributed by atoms with Gasteiger partial charge in [0.25, 0.3) is 5.91 Å². The summed E-state index contributed by atoms with van der Waals surface area (Å²) in [7, 11) is 0. The Bertz CT molecular complexity index is 1080. The van der Waals surface area contributed by atoms with E-state index in [0.29, 0.717) is 18.8 Å². The monoisotopic (exact) mass is 567 g/mol. The van der Waals surface area contributed by atoms with Crippen LogP contribution in [0, 0.1) is 0 Å². The average molecular weight is 567 g/mol. The smallest absolute Gasteiger partial charge is 0.486 e. The number of likely N-dealkylation sites (tertiary alicyclic amines) is 1. The van der Waals surface area contributed by atoms with Crippen LogP contribution >= 0.6 is 0 Å². The standard InChI is InChI=1S/C19H21N3O3.2C2HF3O2/c23-18(17-6-1-2-9-21-17)22-10-4-7-19(14-22)11-16(13-24-19)25-15-5-3-8-20-12-15;2*3-2(4,5)1(6)7/h1-3,5-6,8-9,12,16H,4,7,10-11,13-14H2;2*(H,6,7). The van der Waals surface area contributed by atoms with Crippen LogP contribution in [0.4, 0.5) is 26.3 Å². The van der Waals surface area contributed by atoms with Crippen molar-refractivity contribution in [1.82, 2.24) is 14.9 Å². The fourth-order valence-electron chi connectivity index (χ4n) is 3.69. The van der Waals surface area contributed by atoms with Crippen LogP contribution in [0.15, 0.2) is 48.9 Å². The molecule has 2 unspecified atom stereocenters. The van der Waals surface area contributed by atoms with E-state index in [4.69, 9.17) is 29.3 Å². The lowest BCUT2D eigenvalue weighted by atomic mass is 9.89. The molecule has 0 aliphatic carbocycles. The van der Waals surface area contributed by atoms with E-state index in [-0.39, 0.29) is 17.6 Å². The van der Waals surface area contributed by atoms with Gasteiger partial charge in [0.05, 0.1) is 24.9 Å². The molecule has 2 atom stereocenters. The molecular weight excluding hydrogens is 544 g/mol. The molecule has 39 heavy (non-hydrogen) atoms. The van der Waals surface area contributed by atoms with Crippen molar-refractivity contribution in [2.75, 3.05) is 19.7 Å². The van der Waals surface area contributed by atoms with Crippen molar-refractivity contribution >= 4 is 17.8 Å². The number of piperidine rings is 1. The molecule has 214 valence electrons. The van der Waals surface area contributed by atoms with Crippen molar-refractivity contribution in [2.45, 2.75) is 43.3 Å². The molecule has 0 bridgehead atoms. The summed E-state index contributed by atoms with van der Waals surface area (Å²) in [6.45, 7) is 1.88. The van der Waals surface area contributed by atoms with Crippen molar-refractivity contribution in [3.05, 3.63) is 54.6 Å². The van der Waals surface area contributed by atoms with Crippen LogP contribution in [-0.4, -0.2) is 86.7 Å². The van der Waals surface area contributed by atoms with Crippen LogP contribution in [0.2, 0.25) is 0 Å². The molecule has 2 N–H and O–H groups in total. The van der Waals surface area contributed by atoms with Gasteiger partial charge in [0, 0.05) is 25.4 Å². The molecule has 2 aliphatic rings. The highest BCUT2D eigenvalue weighted by atomic mass is 19.4. The van der Waals surface area contributed by atoms with Crippen molar-refractivity contribution in [2.24, 2.45) is 0 Å². The predicted octanol–water partition coefficient (Wildman–Crippen LogP) is 3.59. The van der Waals surface area contributed by atoms with E-state index in [1.54, 1.807) is 24.7 Å². The first-order valence-corrected chi connectivity index (χ1v) is 11.1. The summed E-state index contributed by atoms with van der Waals surface area (Å²) in [5, 5.41) is 14.2. The van der Waals surface area contributed by atoms with Gasteiger partial charge in [-0.05, 0) is 37.1 Å². The number of pyridine rings is 2. The van der Waals surface area contributed by atoms with Gasteiger partial charge in [0.1, 0.15) is 17.5 Å². The Morgan fingerprint density at radius 3 is 2.15 bits per heavy atom. The Kier molecular flexibility index (Phi) is 10.6. The highest BCUT2D eigenvalue weighted by Gasteiger charge is 2.45. The van der Waals surface area contributed by atoms with Gasteiger partial charge >= 0.3 is 24.3 Å². The predicted molar refractivity (Wildman–Crippen MR) is 119 cm³/mol. The molecule has 2 saturated heterocycles. The number of aliphatic carboxylic acids is 2. The Labute approximate surface area is 217 Å². The Morgan fingerprint density at radius 2 is 1.64 bits per heavy atom. The first-order chi connectivity index (χ1) is 18.1. The topological polar surface area (TPSA) is 139 Å². The first kappa shape index (κ1) is 31.3. The number of alkyl halides is 6. The van der Waals surface area contributed by atoms with E-state index < -0.39 is 24.3 Å². The summed E-state index contributed by atoms with van der Waals surface area (Å²) in [4.78, 5) is 40.6. The number of hydrogen-bond donors (Lipinski definition) is 2. The Morgan fingerprint density at radius 1 is 1.00 bits per heavy atom. The number of amides is 1. The van der Waals surface area contributed by atoms with Gasteiger partial charge in [-0.25, -0.2) is 9.59 Å². The third-order valence-corrected chi connectivity index (χ3v) is 5.31. The van der Waals surface area contributed by atoms with E-state index >= 15 is 0 Å². The molecule has 2 aromatic rings. The number of halogens is 6. The highest BCUT2D eigenvalue weighted by Crippen LogP contribution is 2.36. The average Bonchev–Trinajstić information content (AvgIpc) is 3.25. The minimum absolute atomic E-state index is 0.00546. The number of hydrogen-bond acceptors (Lipinski definition) is 7. The largest absolute Gasteiger partial charge is 0.490 e. The summed E-state index contributed by atoms with van der Waals surface area (Å²) in [5.41, 5.74) is 0.177. The van der Waals surface area contributed by atoms with E-state index in [0.717, 1.165) is 31.6 Å². The Hall–Kier alpha value is -3.95. The number of carbonyl (C=O) groups is 3. The molecule has 0 saturated carbocycles. The normalized spacial score (nSPS) is 20.7. The van der Waals surface area contributed by atoms with Gasteiger partial charge in [-0.3, -0.25) is 14.8 Å². The van der Waals surface area contributed by atoms with Crippen LogP contribution < -0.4 is 4.74 Å². The van der Waals surface area contributed by atoms with Crippen molar-refractivity contribution in [3.8, 4) is 5.75 Å². The number of ether oxygens (including phenoxy) is 2. The zero-order valence-electron chi connectivity index (χ0n) is 20.0. The quantitative estimate of drug-likeness (QED) is 0.533. The number of carbonyl (C=O) groups excluding carboxylic acids is 1. The maximum Gasteiger partial charge on any atom is 0.490 e.